The van der Waals surface area contributed by atoms with Crippen molar-refractivity contribution in [1.82, 2.24) is 5.16 Å². The molecule has 0 amide bonds. The van der Waals surface area contributed by atoms with E-state index in [1.165, 1.54) is 5.57 Å². The molecule has 0 spiro atoms. The van der Waals surface area contributed by atoms with Gasteiger partial charge in [0.1, 0.15) is 5.76 Å². The van der Waals surface area contributed by atoms with Gasteiger partial charge in [-0.05, 0) is 31.8 Å². The van der Waals surface area contributed by atoms with Crippen LogP contribution in [0.3, 0.4) is 0 Å². The van der Waals surface area contributed by atoms with E-state index in [2.05, 4.69) is 30.3 Å². The molecule has 1 unspecified atom stereocenters. The zero-order valence-electron chi connectivity index (χ0n) is 8.87. The van der Waals surface area contributed by atoms with Crippen LogP contribution in [0.4, 0.5) is 0 Å². The van der Waals surface area contributed by atoms with Crippen molar-refractivity contribution in [3.05, 3.63) is 35.2 Å². The van der Waals surface area contributed by atoms with Crippen molar-refractivity contribution in [2.45, 2.75) is 27.2 Å². The quantitative estimate of drug-likeness (QED) is 0.677. The van der Waals surface area contributed by atoms with Crippen molar-refractivity contribution in [2.75, 3.05) is 0 Å². The molecule has 74 valence electrons. The summed E-state index contributed by atoms with van der Waals surface area (Å²) in [6.45, 7) is 6.17. The van der Waals surface area contributed by atoms with E-state index < -0.39 is 0 Å². The molecule has 0 saturated heterocycles. The van der Waals surface area contributed by atoms with Gasteiger partial charge in [0.25, 0.3) is 0 Å². The van der Waals surface area contributed by atoms with Gasteiger partial charge < -0.3 is 4.52 Å². The normalized spacial score (nSPS) is 21.1. The third kappa shape index (κ3) is 1.52. The fraction of sp³-hybridized carbons (Fsp3) is 0.417. The van der Waals surface area contributed by atoms with Crippen LogP contribution < -0.4 is 0 Å². The molecule has 0 aliphatic heterocycles. The van der Waals surface area contributed by atoms with Crippen LogP contribution in [-0.2, 0) is 0 Å². The molecule has 14 heavy (non-hydrogen) atoms. The Kier molecular flexibility index (Phi) is 2.28. The highest BCUT2D eigenvalue weighted by atomic mass is 16.5. The van der Waals surface area contributed by atoms with E-state index in [1.807, 2.05) is 13.8 Å². The number of allylic oxidation sites excluding steroid dienone is 4. The monoisotopic (exact) mass is 189 g/mol. The van der Waals surface area contributed by atoms with Crippen molar-refractivity contribution in [3.63, 3.8) is 0 Å². The molecule has 1 heterocycles. The molecule has 1 aliphatic carbocycles. The molecular formula is C12H15NO. The summed E-state index contributed by atoms with van der Waals surface area (Å²) >= 11 is 0. The first-order chi connectivity index (χ1) is 6.68. The average Bonchev–Trinajstić information content (AvgIpc) is 2.46. The molecule has 2 heteroatoms. The number of aryl methyl sites for hydroxylation is 2. The predicted octanol–water partition coefficient (Wildman–Crippen LogP) is 3.27. The van der Waals surface area contributed by atoms with E-state index in [0.29, 0.717) is 5.92 Å². The van der Waals surface area contributed by atoms with Gasteiger partial charge in [0.2, 0.25) is 0 Å². The lowest BCUT2D eigenvalue weighted by molar-refractivity contribution is 0.393. The fourth-order valence-corrected chi connectivity index (χ4v) is 1.90. The standard InChI is InChI=1S/C12H15NO/c1-8-5-4-6-11(7-8)12-9(2)13-14-10(12)3/h4,6-8H,5H2,1-3H3. The third-order valence-electron chi connectivity index (χ3n) is 2.59. The van der Waals surface area contributed by atoms with Crippen molar-refractivity contribution in [2.24, 2.45) is 5.92 Å². The van der Waals surface area contributed by atoms with Crippen LogP contribution in [-0.4, -0.2) is 5.16 Å². The Bertz CT molecular complexity index is 379. The van der Waals surface area contributed by atoms with Crippen LogP contribution in [0.2, 0.25) is 0 Å². The molecule has 0 radical (unpaired) electrons. The number of hydrogen-bond acceptors (Lipinski definition) is 2. The van der Waals surface area contributed by atoms with Crippen molar-refractivity contribution in [3.8, 4) is 0 Å². The van der Waals surface area contributed by atoms with Gasteiger partial charge in [-0.15, -0.1) is 0 Å². The summed E-state index contributed by atoms with van der Waals surface area (Å²) in [5, 5.41) is 3.97. The van der Waals surface area contributed by atoms with E-state index in [4.69, 9.17) is 4.52 Å². The first-order valence-corrected chi connectivity index (χ1v) is 5.00. The van der Waals surface area contributed by atoms with Crippen LogP contribution in [0.5, 0.6) is 0 Å². The first kappa shape index (κ1) is 9.25. The van der Waals surface area contributed by atoms with Gasteiger partial charge in [0.05, 0.1) is 5.69 Å². The second-order valence-corrected chi connectivity index (χ2v) is 3.94. The minimum Gasteiger partial charge on any atom is -0.361 e. The minimum absolute atomic E-state index is 0.615. The third-order valence-corrected chi connectivity index (χ3v) is 2.59. The smallest absolute Gasteiger partial charge is 0.141 e. The van der Waals surface area contributed by atoms with Crippen LogP contribution >= 0.6 is 0 Å². The summed E-state index contributed by atoms with van der Waals surface area (Å²) in [5.74, 6) is 1.52. The Balaban J connectivity index is 2.44. The van der Waals surface area contributed by atoms with Gasteiger partial charge in [-0.3, -0.25) is 0 Å². The zero-order chi connectivity index (χ0) is 10.1. The van der Waals surface area contributed by atoms with Crippen LogP contribution in [0.1, 0.15) is 30.4 Å². The largest absolute Gasteiger partial charge is 0.361 e. The fourth-order valence-electron chi connectivity index (χ4n) is 1.90. The van der Waals surface area contributed by atoms with Crippen LogP contribution in [0, 0.1) is 19.8 Å². The number of rotatable bonds is 1. The molecule has 1 aromatic rings. The summed E-state index contributed by atoms with van der Waals surface area (Å²) in [4.78, 5) is 0. The molecule has 1 aliphatic rings. The van der Waals surface area contributed by atoms with E-state index in [-0.39, 0.29) is 0 Å². The summed E-state index contributed by atoms with van der Waals surface area (Å²) in [7, 11) is 0. The Morgan fingerprint density at radius 3 is 2.79 bits per heavy atom. The molecule has 0 N–H and O–H groups in total. The summed E-state index contributed by atoms with van der Waals surface area (Å²) in [6.07, 6.45) is 7.79. The highest BCUT2D eigenvalue weighted by molar-refractivity contribution is 5.77. The highest BCUT2D eigenvalue weighted by Crippen LogP contribution is 2.28. The molecule has 1 atom stereocenters. The molecule has 2 rings (SSSR count). The van der Waals surface area contributed by atoms with Gasteiger partial charge in [-0.1, -0.05) is 30.3 Å². The zero-order valence-corrected chi connectivity index (χ0v) is 8.87. The van der Waals surface area contributed by atoms with Crippen LogP contribution in [0.25, 0.3) is 5.57 Å². The van der Waals surface area contributed by atoms with Gasteiger partial charge in [0, 0.05) is 5.56 Å². The van der Waals surface area contributed by atoms with Crippen LogP contribution in [0.15, 0.2) is 22.8 Å². The maximum atomic E-state index is 5.16. The Hall–Kier alpha value is -1.31. The van der Waals surface area contributed by atoms with Gasteiger partial charge in [-0.25, -0.2) is 0 Å². The lowest BCUT2D eigenvalue weighted by Gasteiger charge is -2.11. The summed E-state index contributed by atoms with van der Waals surface area (Å²) in [6, 6.07) is 0. The number of aromatic nitrogens is 1. The van der Waals surface area contributed by atoms with E-state index in [9.17, 15) is 0 Å². The summed E-state index contributed by atoms with van der Waals surface area (Å²) in [5.41, 5.74) is 3.39. The van der Waals surface area contributed by atoms with Crippen molar-refractivity contribution >= 4 is 5.57 Å². The molecule has 0 saturated carbocycles. The predicted molar refractivity (Wildman–Crippen MR) is 56.9 cm³/mol. The van der Waals surface area contributed by atoms with E-state index in [1.54, 1.807) is 0 Å². The number of nitrogens with zero attached hydrogens (tertiary/aromatic N) is 1. The molecule has 0 fully saturated rings. The van der Waals surface area contributed by atoms with Crippen molar-refractivity contribution in [1.29, 1.82) is 0 Å². The average molecular weight is 189 g/mol. The lowest BCUT2D eigenvalue weighted by atomic mass is 9.93. The Labute approximate surface area is 84.3 Å². The van der Waals surface area contributed by atoms with E-state index in [0.717, 1.165) is 23.4 Å². The first-order valence-electron chi connectivity index (χ1n) is 5.00. The Morgan fingerprint density at radius 2 is 2.21 bits per heavy atom. The molecule has 2 nitrogen and oxygen atoms in total. The van der Waals surface area contributed by atoms with E-state index >= 15 is 0 Å². The van der Waals surface area contributed by atoms with Gasteiger partial charge >= 0.3 is 0 Å². The van der Waals surface area contributed by atoms with Crippen molar-refractivity contribution < 1.29 is 4.52 Å². The SMILES string of the molecule is Cc1noc(C)c1C1=CC(C)CC=C1. The second-order valence-electron chi connectivity index (χ2n) is 3.94. The van der Waals surface area contributed by atoms with Gasteiger partial charge in [0.15, 0.2) is 0 Å². The molecule has 0 aromatic carbocycles. The molecular weight excluding hydrogens is 174 g/mol. The maximum absolute atomic E-state index is 5.16. The lowest BCUT2D eigenvalue weighted by Crippen LogP contribution is -1.96. The molecule has 0 bridgehead atoms. The maximum Gasteiger partial charge on any atom is 0.141 e. The number of hydrogen-bond donors (Lipinski definition) is 0. The highest BCUT2D eigenvalue weighted by Gasteiger charge is 2.14. The topological polar surface area (TPSA) is 26.0 Å². The van der Waals surface area contributed by atoms with Gasteiger partial charge in [-0.2, -0.15) is 0 Å². The Morgan fingerprint density at radius 1 is 1.43 bits per heavy atom. The summed E-state index contributed by atoms with van der Waals surface area (Å²) < 4.78 is 5.16. The minimum atomic E-state index is 0.615. The second kappa shape index (κ2) is 3.45. The molecule has 1 aromatic heterocycles.